The summed E-state index contributed by atoms with van der Waals surface area (Å²) in [6.07, 6.45) is 0. The van der Waals surface area contributed by atoms with Crippen LogP contribution in [0, 0.1) is 4.77 Å². The van der Waals surface area contributed by atoms with Crippen LogP contribution in [-0.2, 0) is 6.54 Å². The number of aromatic amines is 1. The quantitative estimate of drug-likeness (QED) is 0.815. The van der Waals surface area contributed by atoms with Crippen molar-refractivity contribution >= 4 is 23.8 Å². The average Bonchev–Trinajstić information content (AvgIpc) is 2.49. The minimum Gasteiger partial charge on any atom is -0.496 e. The van der Waals surface area contributed by atoms with Crippen molar-refractivity contribution in [2.75, 3.05) is 20.8 Å². The van der Waals surface area contributed by atoms with Crippen molar-refractivity contribution in [3.63, 3.8) is 0 Å². The normalized spacial score (nSPS) is 10.5. The van der Waals surface area contributed by atoms with E-state index in [0.29, 0.717) is 27.8 Å². The van der Waals surface area contributed by atoms with Crippen LogP contribution in [0.3, 0.4) is 0 Å². The highest BCUT2D eigenvalue weighted by Crippen LogP contribution is 2.38. The summed E-state index contributed by atoms with van der Waals surface area (Å²) in [5.74, 6) is 0.914. The maximum absolute atomic E-state index is 11.8. The predicted molar refractivity (Wildman–Crippen MR) is 86.5 cm³/mol. The zero-order chi connectivity index (χ0) is 16.3. The largest absolute Gasteiger partial charge is 0.496 e. The third-order valence-electron chi connectivity index (χ3n) is 3.11. The fourth-order valence-electron chi connectivity index (χ4n) is 2.13. The number of ether oxygens (including phenoxy) is 2. The van der Waals surface area contributed by atoms with E-state index >= 15 is 0 Å². The Hall–Kier alpha value is -1.83. The van der Waals surface area contributed by atoms with Gasteiger partial charge in [-0.1, -0.05) is 11.6 Å². The Balaban J connectivity index is 2.80. The van der Waals surface area contributed by atoms with Crippen molar-refractivity contribution in [1.82, 2.24) is 9.55 Å². The molecule has 0 bridgehead atoms. The van der Waals surface area contributed by atoms with Gasteiger partial charge in [-0.25, -0.2) is 0 Å². The van der Waals surface area contributed by atoms with Crippen LogP contribution in [0.2, 0.25) is 5.02 Å². The summed E-state index contributed by atoms with van der Waals surface area (Å²) in [5.41, 5.74) is 0.758. The van der Waals surface area contributed by atoms with Gasteiger partial charge in [0.15, 0.2) is 4.77 Å². The van der Waals surface area contributed by atoms with Gasteiger partial charge in [0.25, 0.3) is 5.56 Å². The summed E-state index contributed by atoms with van der Waals surface area (Å²) in [5, 5.41) is 9.61. The first-order valence-corrected chi connectivity index (χ1v) is 7.17. The number of halogens is 1. The lowest BCUT2D eigenvalue weighted by Gasteiger charge is -2.16. The van der Waals surface area contributed by atoms with Crippen LogP contribution >= 0.6 is 23.8 Å². The van der Waals surface area contributed by atoms with E-state index in [9.17, 15) is 9.90 Å². The number of methoxy groups -OCH3 is 2. The lowest BCUT2D eigenvalue weighted by molar-refractivity contribution is 0.275. The highest BCUT2D eigenvalue weighted by atomic mass is 35.5. The summed E-state index contributed by atoms with van der Waals surface area (Å²) in [7, 11) is 3.00. The zero-order valence-corrected chi connectivity index (χ0v) is 13.6. The Bertz CT molecular complexity index is 800. The third-order valence-corrected chi connectivity index (χ3v) is 3.73. The van der Waals surface area contributed by atoms with E-state index in [2.05, 4.69) is 4.98 Å². The number of aliphatic hydroxyl groups excluding tert-OH is 1. The third kappa shape index (κ3) is 3.16. The Labute approximate surface area is 136 Å². The summed E-state index contributed by atoms with van der Waals surface area (Å²) < 4.78 is 12.4. The van der Waals surface area contributed by atoms with Crippen LogP contribution in [0.15, 0.2) is 23.0 Å². The van der Waals surface area contributed by atoms with Crippen LogP contribution in [0.1, 0.15) is 0 Å². The molecule has 2 aromatic rings. The number of aliphatic hydroxyl groups is 1. The van der Waals surface area contributed by atoms with E-state index < -0.39 is 0 Å². The number of hydrogen-bond acceptors (Lipinski definition) is 5. The van der Waals surface area contributed by atoms with Crippen LogP contribution in [-0.4, -0.2) is 35.5 Å². The molecule has 1 aromatic heterocycles. The second-order valence-electron chi connectivity index (χ2n) is 4.39. The molecule has 0 saturated carbocycles. The summed E-state index contributed by atoms with van der Waals surface area (Å²) >= 11 is 11.2. The van der Waals surface area contributed by atoms with Crippen molar-refractivity contribution in [3.8, 4) is 22.8 Å². The van der Waals surface area contributed by atoms with E-state index in [-0.39, 0.29) is 23.5 Å². The molecule has 6 nitrogen and oxygen atoms in total. The van der Waals surface area contributed by atoms with E-state index in [4.69, 9.17) is 33.3 Å². The fraction of sp³-hybridized carbons (Fsp3) is 0.286. The predicted octanol–water partition coefficient (Wildman–Crippen LogP) is 2.24. The van der Waals surface area contributed by atoms with Crippen molar-refractivity contribution in [1.29, 1.82) is 0 Å². The molecule has 1 aromatic carbocycles. The van der Waals surface area contributed by atoms with Crippen LogP contribution < -0.4 is 15.0 Å². The number of benzene rings is 1. The van der Waals surface area contributed by atoms with Crippen LogP contribution in [0.4, 0.5) is 0 Å². The number of aromatic nitrogens is 2. The molecule has 0 unspecified atom stereocenters. The maximum atomic E-state index is 11.8. The summed E-state index contributed by atoms with van der Waals surface area (Å²) in [4.78, 5) is 14.3. The van der Waals surface area contributed by atoms with Crippen molar-refractivity contribution < 1.29 is 14.6 Å². The summed E-state index contributed by atoms with van der Waals surface area (Å²) in [6, 6.07) is 4.65. The van der Waals surface area contributed by atoms with Crippen molar-refractivity contribution in [2.24, 2.45) is 0 Å². The lowest BCUT2D eigenvalue weighted by Crippen LogP contribution is -2.16. The molecular weight excluding hydrogens is 328 g/mol. The molecule has 0 spiro atoms. The minimum atomic E-state index is -0.342. The van der Waals surface area contributed by atoms with Gasteiger partial charge in [0.1, 0.15) is 11.5 Å². The van der Waals surface area contributed by atoms with Gasteiger partial charge in [-0.2, -0.15) is 0 Å². The van der Waals surface area contributed by atoms with Gasteiger partial charge in [0.2, 0.25) is 0 Å². The lowest BCUT2D eigenvalue weighted by atomic mass is 10.1. The smallest absolute Gasteiger partial charge is 0.252 e. The van der Waals surface area contributed by atoms with Gasteiger partial charge in [-0.05, 0) is 18.3 Å². The zero-order valence-electron chi connectivity index (χ0n) is 12.1. The van der Waals surface area contributed by atoms with Gasteiger partial charge in [0.05, 0.1) is 31.5 Å². The molecule has 0 aliphatic heterocycles. The molecule has 8 heteroatoms. The highest BCUT2D eigenvalue weighted by Gasteiger charge is 2.15. The maximum Gasteiger partial charge on any atom is 0.252 e. The second kappa shape index (κ2) is 6.95. The number of H-pyrrole nitrogens is 1. The topological polar surface area (TPSA) is 76.5 Å². The first kappa shape index (κ1) is 16.5. The second-order valence-corrected chi connectivity index (χ2v) is 5.18. The van der Waals surface area contributed by atoms with Gasteiger partial charge in [-0.3, -0.25) is 9.78 Å². The Morgan fingerprint density at radius 2 is 1.95 bits per heavy atom. The van der Waals surface area contributed by atoms with Crippen molar-refractivity contribution in [3.05, 3.63) is 38.3 Å². The molecule has 0 radical (unpaired) electrons. The number of nitrogens with one attached hydrogen (secondary N) is 1. The van der Waals surface area contributed by atoms with Gasteiger partial charge in [0, 0.05) is 24.2 Å². The van der Waals surface area contributed by atoms with Crippen LogP contribution in [0.5, 0.6) is 11.5 Å². The number of rotatable bonds is 5. The molecule has 0 aliphatic carbocycles. The van der Waals surface area contributed by atoms with Crippen LogP contribution in [0.25, 0.3) is 11.3 Å². The first-order valence-electron chi connectivity index (χ1n) is 6.38. The molecule has 0 fully saturated rings. The molecule has 0 amide bonds. The Morgan fingerprint density at radius 1 is 1.27 bits per heavy atom. The molecule has 0 atom stereocenters. The molecule has 2 rings (SSSR count). The Kier molecular flexibility index (Phi) is 5.23. The summed E-state index contributed by atoms with van der Waals surface area (Å²) in [6.45, 7) is 0.111. The van der Waals surface area contributed by atoms with Gasteiger partial charge >= 0.3 is 0 Å². The monoisotopic (exact) mass is 342 g/mol. The minimum absolute atomic E-state index is 0.125. The Morgan fingerprint density at radius 3 is 2.55 bits per heavy atom. The molecule has 0 saturated heterocycles. The first-order chi connectivity index (χ1) is 10.5. The molecule has 118 valence electrons. The average molecular weight is 343 g/mol. The van der Waals surface area contributed by atoms with Gasteiger partial charge in [-0.15, -0.1) is 0 Å². The molecule has 22 heavy (non-hydrogen) atoms. The van der Waals surface area contributed by atoms with Crippen molar-refractivity contribution in [2.45, 2.75) is 6.54 Å². The molecular formula is C14H15ClN2O4S. The highest BCUT2D eigenvalue weighted by molar-refractivity contribution is 7.71. The fourth-order valence-corrected chi connectivity index (χ4v) is 2.65. The van der Waals surface area contributed by atoms with E-state index in [1.807, 2.05) is 0 Å². The molecule has 0 aliphatic rings. The SMILES string of the molecule is COc1cc(-c2cc(=O)[nH]c(=S)n2CCO)c(OC)cc1Cl. The van der Waals surface area contributed by atoms with E-state index in [1.165, 1.54) is 20.3 Å². The molecule has 2 N–H and O–H groups in total. The van der Waals surface area contributed by atoms with Gasteiger partial charge < -0.3 is 19.1 Å². The standard InChI is InChI=1S/C14H15ClN2O4S/c1-20-11-6-9(15)12(21-2)5-8(11)10-7-13(19)16-14(22)17(10)3-4-18/h5-7,18H,3-4H2,1-2H3,(H,16,19,22). The van der Waals surface area contributed by atoms with E-state index in [1.54, 1.807) is 16.7 Å². The van der Waals surface area contributed by atoms with E-state index in [0.717, 1.165) is 0 Å². The molecule has 1 heterocycles. The number of nitrogens with zero attached hydrogens (tertiary/aromatic N) is 1. The number of hydrogen-bond donors (Lipinski definition) is 2.